The molecule has 1 atom stereocenters. The Morgan fingerprint density at radius 1 is 1.35 bits per heavy atom. The van der Waals surface area contributed by atoms with E-state index in [2.05, 4.69) is 0 Å². The number of hydrogen-bond donors (Lipinski definition) is 2. The van der Waals surface area contributed by atoms with E-state index in [1.807, 2.05) is 0 Å². The number of hydrogen-bond acceptors (Lipinski definition) is 3. The second kappa shape index (κ2) is 5.51. The largest absolute Gasteiger partial charge is 0.402 e. The van der Waals surface area contributed by atoms with Crippen molar-refractivity contribution in [3.05, 3.63) is 0 Å². The second-order valence-corrected chi connectivity index (χ2v) is 5.59. The fourth-order valence-electron chi connectivity index (χ4n) is 1.73. The van der Waals surface area contributed by atoms with Crippen LogP contribution in [0.25, 0.3) is 0 Å². The number of piperidine rings is 1. The summed E-state index contributed by atoms with van der Waals surface area (Å²) < 4.78 is 61.4. The summed E-state index contributed by atoms with van der Waals surface area (Å²) in [7, 11) is -4.17. The van der Waals surface area contributed by atoms with Crippen LogP contribution in [-0.2, 0) is 10.2 Å². The van der Waals surface area contributed by atoms with Crippen molar-refractivity contribution < 1.29 is 26.7 Å². The maximum atomic E-state index is 11.9. The first kappa shape index (κ1) is 14.7. The third kappa shape index (κ3) is 4.41. The molecule has 0 aromatic carbocycles. The minimum atomic E-state index is -4.59. The second-order valence-electron chi connectivity index (χ2n) is 3.88. The van der Waals surface area contributed by atoms with Crippen LogP contribution in [0.15, 0.2) is 0 Å². The van der Waals surface area contributed by atoms with Gasteiger partial charge in [-0.3, -0.25) is 0 Å². The molecule has 0 bridgehead atoms. The van der Waals surface area contributed by atoms with Crippen LogP contribution in [0.2, 0.25) is 0 Å². The molecule has 1 unspecified atom stereocenters. The van der Waals surface area contributed by atoms with E-state index in [4.69, 9.17) is 5.11 Å². The third-order valence-electron chi connectivity index (χ3n) is 2.55. The topological polar surface area (TPSA) is 69.6 Å². The first-order valence-electron chi connectivity index (χ1n) is 5.20. The molecule has 1 fully saturated rings. The molecule has 9 heteroatoms. The number of nitrogens with zero attached hydrogens (tertiary/aromatic N) is 1. The maximum Gasteiger partial charge on any atom is 0.402 e. The molecule has 102 valence electrons. The highest BCUT2D eigenvalue weighted by molar-refractivity contribution is 7.87. The van der Waals surface area contributed by atoms with Gasteiger partial charge in [-0.1, -0.05) is 6.42 Å². The SMILES string of the molecule is O=S(=O)(NCC(F)(F)F)N1CCCCC1CO. The van der Waals surface area contributed by atoms with Crippen molar-refractivity contribution in [1.82, 2.24) is 9.03 Å². The van der Waals surface area contributed by atoms with Gasteiger partial charge in [-0.2, -0.15) is 30.6 Å². The van der Waals surface area contributed by atoms with Crippen molar-refractivity contribution in [1.29, 1.82) is 0 Å². The summed E-state index contributed by atoms with van der Waals surface area (Å²) in [5.41, 5.74) is 0. The summed E-state index contributed by atoms with van der Waals surface area (Å²) >= 11 is 0. The van der Waals surface area contributed by atoms with Crippen LogP contribution in [0.1, 0.15) is 19.3 Å². The van der Waals surface area contributed by atoms with Crippen LogP contribution in [-0.4, -0.2) is 49.7 Å². The van der Waals surface area contributed by atoms with Crippen LogP contribution in [0, 0.1) is 0 Å². The number of nitrogens with one attached hydrogen (secondary N) is 1. The standard InChI is InChI=1S/C8H15F3N2O3S/c9-8(10,11)6-12-17(15,16)13-4-2-1-3-7(13)5-14/h7,12,14H,1-6H2. The lowest BCUT2D eigenvalue weighted by Gasteiger charge is -2.33. The molecule has 5 nitrogen and oxygen atoms in total. The van der Waals surface area contributed by atoms with E-state index in [1.165, 1.54) is 4.72 Å². The average molecular weight is 276 g/mol. The minimum absolute atomic E-state index is 0.137. The Labute approximate surface area is 97.8 Å². The van der Waals surface area contributed by atoms with E-state index in [9.17, 15) is 21.6 Å². The van der Waals surface area contributed by atoms with E-state index in [0.29, 0.717) is 12.8 Å². The molecule has 1 aliphatic rings. The molecule has 1 rings (SSSR count). The van der Waals surface area contributed by atoms with Gasteiger partial charge >= 0.3 is 6.18 Å². The van der Waals surface area contributed by atoms with Gasteiger partial charge in [0.2, 0.25) is 0 Å². The predicted octanol–water partition coefficient (Wildman–Crippen LogP) is 0.230. The summed E-state index contributed by atoms with van der Waals surface area (Å²) in [6.07, 6.45) is -2.78. The number of alkyl halides is 3. The van der Waals surface area contributed by atoms with Crippen LogP contribution >= 0.6 is 0 Å². The normalized spacial score (nSPS) is 23.9. The molecule has 2 N–H and O–H groups in total. The van der Waals surface area contributed by atoms with E-state index in [0.717, 1.165) is 10.7 Å². The Morgan fingerprint density at radius 2 is 2.00 bits per heavy atom. The third-order valence-corrected chi connectivity index (χ3v) is 4.15. The fraction of sp³-hybridized carbons (Fsp3) is 1.00. The fourth-order valence-corrected chi connectivity index (χ4v) is 3.17. The van der Waals surface area contributed by atoms with Gasteiger partial charge in [-0.25, -0.2) is 0 Å². The molecule has 0 aromatic rings. The Balaban J connectivity index is 2.68. The van der Waals surface area contributed by atoms with Crippen molar-refractivity contribution in [3.63, 3.8) is 0 Å². The average Bonchev–Trinajstić information content (AvgIpc) is 2.26. The maximum absolute atomic E-state index is 11.9. The van der Waals surface area contributed by atoms with Gasteiger partial charge in [-0.05, 0) is 12.8 Å². The number of aliphatic hydroxyl groups is 1. The molecule has 1 saturated heterocycles. The first-order valence-corrected chi connectivity index (χ1v) is 6.64. The highest BCUT2D eigenvalue weighted by Crippen LogP contribution is 2.20. The number of rotatable bonds is 4. The molecule has 0 aliphatic carbocycles. The van der Waals surface area contributed by atoms with Gasteiger partial charge in [-0.15, -0.1) is 0 Å². The van der Waals surface area contributed by atoms with Gasteiger partial charge in [0.1, 0.15) is 6.54 Å². The Morgan fingerprint density at radius 3 is 2.53 bits per heavy atom. The van der Waals surface area contributed by atoms with Crippen LogP contribution in [0.4, 0.5) is 13.2 Å². The molecular formula is C8H15F3N2O3S. The van der Waals surface area contributed by atoms with Crippen molar-refractivity contribution in [3.8, 4) is 0 Å². The monoisotopic (exact) mass is 276 g/mol. The quantitative estimate of drug-likeness (QED) is 0.772. The summed E-state index contributed by atoms with van der Waals surface area (Å²) in [6.45, 7) is -1.84. The van der Waals surface area contributed by atoms with Gasteiger partial charge in [0.25, 0.3) is 10.2 Å². The van der Waals surface area contributed by atoms with Gasteiger partial charge < -0.3 is 5.11 Å². The van der Waals surface area contributed by atoms with Gasteiger partial charge in [0.05, 0.1) is 6.61 Å². The van der Waals surface area contributed by atoms with Crippen LogP contribution < -0.4 is 4.72 Å². The van der Waals surface area contributed by atoms with Gasteiger partial charge in [0.15, 0.2) is 0 Å². The van der Waals surface area contributed by atoms with Crippen molar-refractivity contribution in [2.24, 2.45) is 0 Å². The number of aliphatic hydroxyl groups excluding tert-OH is 1. The molecule has 0 aromatic heterocycles. The Kier molecular flexibility index (Phi) is 4.76. The van der Waals surface area contributed by atoms with Crippen LogP contribution in [0.5, 0.6) is 0 Å². The molecule has 0 radical (unpaired) electrons. The molecule has 0 saturated carbocycles. The smallest absolute Gasteiger partial charge is 0.395 e. The molecule has 0 amide bonds. The molecule has 1 heterocycles. The molecule has 17 heavy (non-hydrogen) atoms. The summed E-state index contributed by atoms with van der Waals surface area (Å²) in [6, 6.07) is -0.630. The lowest BCUT2D eigenvalue weighted by Crippen LogP contribution is -2.51. The van der Waals surface area contributed by atoms with E-state index in [-0.39, 0.29) is 13.2 Å². The number of halogens is 3. The summed E-state index contributed by atoms with van der Waals surface area (Å²) in [5, 5.41) is 9.00. The Hall–Kier alpha value is -0.380. The zero-order valence-electron chi connectivity index (χ0n) is 9.07. The zero-order valence-corrected chi connectivity index (χ0v) is 9.89. The van der Waals surface area contributed by atoms with E-state index >= 15 is 0 Å². The first-order chi connectivity index (χ1) is 7.76. The van der Waals surface area contributed by atoms with Crippen LogP contribution in [0.3, 0.4) is 0 Å². The molecule has 0 spiro atoms. The zero-order chi connectivity index (χ0) is 13.1. The van der Waals surface area contributed by atoms with Crippen molar-refractivity contribution >= 4 is 10.2 Å². The van der Waals surface area contributed by atoms with Crippen molar-refractivity contribution in [2.75, 3.05) is 19.7 Å². The molecular weight excluding hydrogens is 261 g/mol. The highest BCUT2D eigenvalue weighted by atomic mass is 32.2. The minimum Gasteiger partial charge on any atom is -0.395 e. The van der Waals surface area contributed by atoms with E-state index < -0.39 is 29.0 Å². The highest BCUT2D eigenvalue weighted by Gasteiger charge is 2.35. The predicted molar refractivity (Wildman–Crippen MR) is 54.4 cm³/mol. The Bertz CT molecular complexity index is 344. The van der Waals surface area contributed by atoms with Gasteiger partial charge in [0, 0.05) is 12.6 Å². The summed E-state index contributed by atoms with van der Waals surface area (Å²) in [5.74, 6) is 0. The molecule has 1 aliphatic heterocycles. The lowest BCUT2D eigenvalue weighted by molar-refractivity contribution is -0.121. The summed E-state index contributed by atoms with van der Waals surface area (Å²) in [4.78, 5) is 0. The lowest BCUT2D eigenvalue weighted by atomic mass is 10.1. The van der Waals surface area contributed by atoms with E-state index in [1.54, 1.807) is 0 Å². The van der Waals surface area contributed by atoms with Crippen molar-refractivity contribution in [2.45, 2.75) is 31.5 Å².